The molecule has 0 bridgehead atoms. The van der Waals surface area contributed by atoms with Crippen LogP contribution in [-0.4, -0.2) is 36.5 Å². The highest BCUT2D eigenvalue weighted by Crippen LogP contribution is 2.15. The van der Waals surface area contributed by atoms with Crippen molar-refractivity contribution in [1.82, 2.24) is 5.32 Å². The summed E-state index contributed by atoms with van der Waals surface area (Å²) in [5.41, 5.74) is -0.173. The first-order chi connectivity index (χ1) is 6.45. The minimum atomic E-state index is -0.173. The van der Waals surface area contributed by atoms with Gasteiger partial charge in [0.1, 0.15) is 0 Å². The maximum Gasteiger partial charge on any atom is 0.0638 e. The Bertz CT molecular complexity index is 148. The lowest BCUT2D eigenvalue weighted by atomic mass is 9.98. The maximum absolute atomic E-state index is 9.21. The molecule has 3 nitrogen and oxygen atoms in total. The fraction of sp³-hybridized carbons (Fsp3) is 1.00. The van der Waals surface area contributed by atoms with Gasteiger partial charge >= 0.3 is 0 Å². The van der Waals surface area contributed by atoms with Crippen LogP contribution in [0.25, 0.3) is 0 Å². The number of methoxy groups -OCH3 is 1. The molecule has 0 radical (unpaired) electrons. The van der Waals surface area contributed by atoms with Crippen molar-refractivity contribution in [2.75, 3.05) is 13.7 Å². The number of nitrogens with one attached hydrogen (secondary N) is 1. The van der Waals surface area contributed by atoms with Gasteiger partial charge in [0.15, 0.2) is 0 Å². The van der Waals surface area contributed by atoms with E-state index in [1.54, 1.807) is 7.11 Å². The molecule has 0 aliphatic heterocycles. The molecular weight excluding hydrogens is 178 g/mol. The van der Waals surface area contributed by atoms with Crippen molar-refractivity contribution in [2.24, 2.45) is 0 Å². The van der Waals surface area contributed by atoms with Gasteiger partial charge in [0.25, 0.3) is 0 Å². The first-order valence-corrected chi connectivity index (χ1v) is 5.37. The summed E-state index contributed by atoms with van der Waals surface area (Å²) in [6.07, 6.45) is 1.90. The van der Waals surface area contributed by atoms with E-state index in [1.165, 1.54) is 0 Å². The zero-order valence-electron chi connectivity index (χ0n) is 10.1. The molecule has 0 rings (SSSR count). The lowest BCUT2D eigenvalue weighted by molar-refractivity contribution is 0.000583. The summed E-state index contributed by atoms with van der Waals surface area (Å²) >= 11 is 0. The monoisotopic (exact) mass is 203 g/mol. The van der Waals surface area contributed by atoms with Gasteiger partial charge in [0.05, 0.1) is 12.2 Å². The quantitative estimate of drug-likeness (QED) is 0.659. The summed E-state index contributed by atoms with van der Waals surface area (Å²) in [4.78, 5) is 0. The van der Waals surface area contributed by atoms with Gasteiger partial charge in [0, 0.05) is 19.2 Å². The highest BCUT2D eigenvalue weighted by atomic mass is 16.5. The molecule has 2 atom stereocenters. The molecule has 86 valence electrons. The number of hydrogen-bond donors (Lipinski definition) is 2. The molecule has 0 saturated carbocycles. The Kier molecular flexibility index (Phi) is 6.33. The third kappa shape index (κ3) is 5.58. The Morgan fingerprint density at radius 1 is 1.43 bits per heavy atom. The fourth-order valence-electron chi connectivity index (χ4n) is 1.37. The molecule has 0 aromatic rings. The highest BCUT2D eigenvalue weighted by Gasteiger charge is 2.22. The van der Waals surface area contributed by atoms with Crippen molar-refractivity contribution < 1.29 is 9.84 Å². The van der Waals surface area contributed by atoms with Crippen LogP contribution in [0.3, 0.4) is 0 Å². The Labute approximate surface area is 87.8 Å². The number of hydrogen-bond acceptors (Lipinski definition) is 3. The van der Waals surface area contributed by atoms with Crippen molar-refractivity contribution in [2.45, 2.75) is 58.2 Å². The third-order valence-corrected chi connectivity index (χ3v) is 2.64. The summed E-state index contributed by atoms with van der Waals surface area (Å²) in [5, 5.41) is 12.6. The second-order valence-electron chi connectivity index (χ2n) is 4.52. The van der Waals surface area contributed by atoms with Gasteiger partial charge in [-0.05, 0) is 33.6 Å². The van der Waals surface area contributed by atoms with Crippen LogP contribution >= 0.6 is 0 Å². The lowest BCUT2D eigenvalue weighted by Crippen LogP contribution is -2.43. The Morgan fingerprint density at radius 3 is 2.36 bits per heavy atom. The largest absolute Gasteiger partial charge is 0.395 e. The van der Waals surface area contributed by atoms with E-state index in [0.717, 1.165) is 12.8 Å². The average molecular weight is 203 g/mol. The van der Waals surface area contributed by atoms with Crippen LogP contribution in [-0.2, 0) is 4.74 Å². The Hall–Kier alpha value is -0.120. The molecule has 0 aromatic carbocycles. The number of aliphatic hydroxyl groups is 1. The molecule has 14 heavy (non-hydrogen) atoms. The van der Waals surface area contributed by atoms with Gasteiger partial charge in [-0.3, -0.25) is 0 Å². The van der Waals surface area contributed by atoms with Crippen LogP contribution in [0.4, 0.5) is 0 Å². The average Bonchev–Trinajstić information content (AvgIpc) is 2.16. The van der Waals surface area contributed by atoms with E-state index in [2.05, 4.69) is 19.2 Å². The predicted octanol–water partition coefficient (Wildman–Crippen LogP) is 1.55. The Balaban J connectivity index is 4.02. The van der Waals surface area contributed by atoms with E-state index >= 15 is 0 Å². The van der Waals surface area contributed by atoms with Crippen LogP contribution in [0.15, 0.2) is 0 Å². The summed E-state index contributed by atoms with van der Waals surface area (Å²) in [6, 6.07) is 0.569. The Morgan fingerprint density at radius 2 is 2.00 bits per heavy atom. The molecule has 2 N–H and O–H groups in total. The summed E-state index contributed by atoms with van der Waals surface area (Å²) in [6.45, 7) is 8.50. The van der Waals surface area contributed by atoms with E-state index in [4.69, 9.17) is 4.74 Å². The van der Waals surface area contributed by atoms with Gasteiger partial charge in [-0.1, -0.05) is 6.92 Å². The fourth-order valence-corrected chi connectivity index (χ4v) is 1.37. The molecule has 0 amide bonds. The van der Waals surface area contributed by atoms with Crippen LogP contribution in [0.5, 0.6) is 0 Å². The summed E-state index contributed by atoms with van der Waals surface area (Å²) < 4.78 is 5.33. The molecule has 0 aromatic heterocycles. The van der Waals surface area contributed by atoms with Gasteiger partial charge < -0.3 is 15.2 Å². The second kappa shape index (κ2) is 6.38. The molecule has 0 spiro atoms. The third-order valence-electron chi connectivity index (χ3n) is 2.64. The number of ether oxygens (including phenoxy) is 1. The van der Waals surface area contributed by atoms with Crippen LogP contribution in [0.2, 0.25) is 0 Å². The number of rotatable bonds is 7. The zero-order chi connectivity index (χ0) is 11.2. The first-order valence-electron chi connectivity index (χ1n) is 5.37. The minimum absolute atomic E-state index is 0.125. The molecule has 3 heteroatoms. The van der Waals surface area contributed by atoms with Gasteiger partial charge in [-0.15, -0.1) is 0 Å². The standard InChI is InChI=1S/C11H25NO2/c1-6-9(2)12-10(8-13)7-11(3,4)14-5/h9-10,12-13H,6-8H2,1-5H3. The molecule has 0 aliphatic rings. The van der Waals surface area contributed by atoms with Crippen LogP contribution in [0, 0.1) is 0 Å². The smallest absolute Gasteiger partial charge is 0.0638 e. The van der Waals surface area contributed by atoms with Crippen LogP contribution in [0.1, 0.15) is 40.5 Å². The molecule has 0 heterocycles. The minimum Gasteiger partial charge on any atom is -0.395 e. The van der Waals surface area contributed by atoms with Crippen molar-refractivity contribution in [3.05, 3.63) is 0 Å². The second-order valence-corrected chi connectivity index (χ2v) is 4.52. The van der Waals surface area contributed by atoms with E-state index in [-0.39, 0.29) is 18.2 Å². The topological polar surface area (TPSA) is 41.5 Å². The van der Waals surface area contributed by atoms with E-state index in [1.807, 2.05) is 13.8 Å². The normalized spacial score (nSPS) is 16.7. The van der Waals surface area contributed by atoms with Crippen LogP contribution < -0.4 is 5.32 Å². The van der Waals surface area contributed by atoms with Crippen molar-refractivity contribution in [3.8, 4) is 0 Å². The molecule has 2 unspecified atom stereocenters. The number of aliphatic hydroxyl groups excluding tert-OH is 1. The van der Waals surface area contributed by atoms with Gasteiger partial charge in [0.2, 0.25) is 0 Å². The lowest BCUT2D eigenvalue weighted by Gasteiger charge is -2.29. The molecule has 0 saturated heterocycles. The summed E-state index contributed by atoms with van der Waals surface area (Å²) in [5.74, 6) is 0. The SMILES string of the molecule is CCC(C)NC(CO)CC(C)(C)OC. The van der Waals surface area contributed by atoms with E-state index in [9.17, 15) is 5.11 Å². The van der Waals surface area contributed by atoms with Gasteiger partial charge in [-0.2, -0.15) is 0 Å². The molecule has 0 fully saturated rings. The van der Waals surface area contributed by atoms with Crippen molar-refractivity contribution in [1.29, 1.82) is 0 Å². The van der Waals surface area contributed by atoms with Crippen molar-refractivity contribution in [3.63, 3.8) is 0 Å². The van der Waals surface area contributed by atoms with E-state index < -0.39 is 0 Å². The van der Waals surface area contributed by atoms with E-state index in [0.29, 0.717) is 6.04 Å². The first kappa shape index (κ1) is 13.9. The van der Waals surface area contributed by atoms with Gasteiger partial charge in [-0.25, -0.2) is 0 Å². The zero-order valence-corrected chi connectivity index (χ0v) is 10.1. The maximum atomic E-state index is 9.21. The molecular formula is C11H25NO2. The van der Waals surface area contributed by atoms with Crippen molar-refractivity contribution >= 4 is 0 Å². The highest BCUT2D eigenvalue weighted by molar-refractivity contribution is 4.79. The molecule has 0 aliphatic carbocycles. The summed E-state index contributed by atoms with van der Waals surface area (Å²) in [7, 11) is 1.71. The predicted molar refractivity (Wildman–Crippen MR) is 59.5 cm³/mol.